The van der Waals surface area contributed by atoms with Gasteiger partial charge in [0.25, 0.3) is 5.91 Å². The molecule has 106 valence electrons. The van der Waals surface area contributed by atoms with Gasteiger partial charge in [0.15, 0.2) is 5.69 Å². The van der Waals surface area contributed by atoms with E-state index in [-0.39, 0.29) is 5.91 Å². The number of nitrogens with zero attached hydrogens (tertiary/aromatic N) is 3. The van der Waals surface area contributed by atoms with Crippen LogP contribution in [0.5, 0.6) is 0 Å². The quantitative estimate of drug-likeness (QED) is 0.942. The molecule has 0 fully saturated rings. The van der Waals surface area contributed by atoms with Crippen molar-refractivity contribution in [3.8, 4) is 5.69 Å². The molecule has 0 aliphatic carbocycles. The highest BCUT2D eigenvalue weighted by Crippen LogP contribution is 2.19. The molecule has 0 saturated carbocycles. The summed E-state index contributed by atoms with van der Waals surface area (Å²) < 4.78 is 1.52. The minimum atomic E-state index is -0.123. The van der Waals surface area contributed by atoms with Gasteiger partial charge < -0.3 is 10.6 Å². The Balaban J connectivity index is 2.37. The SMILES string of the molecule is CCN(CC)C(=O)c1cc(N)n(-c2cccc(Cl)c2)n1. The summed E-state index contributed by atoms with van der Waals surface area (Å²) >= 11 is 5.95. The number of rotatable bonds is 4. The predicted octanol–water partition coefficient (Wildman–Crippen LogP) is 2.59. The number of halogens is 1. The van der Waals surface area contributed by atoms with E-state index in [4.69, 9.17) is 17.3 Å². The Bertz CT molecular complexity index is 619. The minimum Gasteiger partial charge on any atom is -0.384 e. The van der Waals surface area contributed by atoms with E-state index in [1.54, 1.807) is 23.1 Å². The molecule has 2 rings (SSSR count). The summed E-state index contributed by atoms with van der Waals surface area (Å²) in [6.07, 6.45) is 0. The molecule has 20 heavy (non-hydrogen) atoms. The number of aromatic nitrogens is 2. The Morgan fingerprint density at radius 3 is 2.65 bits per heavy atom. The molecule has 2 aromatic rings. The number of nitrogens with two attached hydrogens (primary N) is 1. The van der Waals surface area contributed by atoms with Crippen molar-refractivity contribution in [3.05, 3.63) is 41.0 Å². The summed E-state index contributed by atoms with van der Waals surface area (Å²) in [4.78, 5) is 13.9. The average Bonchev–Trinajstić information content (AvgIpc) is 2.82. The number of hydrogen-bond acceptors (Lipinski definition) is 3. The summed E-state index contributed by atoms with van der Waals surface area (Å²) in [6, 6.07) is 8.75. The van der Waals surface area contributed by atoms with Crippen LogP contribution < -0.4 is 5.73 Å². The second kappa shape index (κ2) is 5.96. The van der Waals surface area contributed by atoms with Crippen molar-refractivity contribution in [2.24, 2.45) is 0 Å². The number of nitrogen functional groups attached to an aromatic ring is 1. The summed E-state index contributed by atoms with van der Waals surface area (Å²) in [5, 5.41) is 4.87. The van der Waals surface area contributed by atoms with Crippen molar-refractivity contribution in [3.63, 3.8) is 0 Å². The van der Waals surface area contributed by atoms with Crippen molar-refractivity contribution in [1.82, 2.24) is 14.7 Å². The Morgan fingerprint density at radius 2 is 2.05 bits per heavy atom. The Labute approximate surface area is 122 Å². The van der Waals surface area contributed by atoms with Crippen LogP contribution in [0.25, 0.3) is 5.69 Å². The van der Waals surface area contributed by atoms with E-state index in [0.717, 1.165) is 5.69 Å². The van der Waals surface area contributed by atoms with Crippen LogP contribution in [-0.2, 0) is 0 Å². The average molecular weight is 293 g/mol. The van der Waals surface area contributed by atoms with Crippen molar-refractivity contribution in [2.75, 3.05) is 18.8 Å². The van der Waals surface area contributed by atoms with Crippen molar-refractivity contribution < 1.29 is 4.79 Å². The number of carbonyl (C=O) groups is 1. The third-order valence-corrected chi connectivity index (χ3v) is 3.29. The van der Waals surface area contributed by atoms with Crippen LogP contribution in [0.1, 0.15) is 24.3 Å². The molecule has 0 atom stereocenters. The number of amides is 1. The first-order valence-corrected chi connectivity index (χ1v) is 6.85. The second-order valence-electron chi connectivity index (χ2n) is 4.32. The third kappa shape index (κ3) is 2.77. The second-order valence-corrected chi connectivity index (χ2v) is 4.76. The predicted molar refractivity (Wildman–Crippen MR) is 80.2 cm³/mol. The molecule has 0 bridgehead atoms. The van der Waals surface area contributed by atoms with Crippen LogP contribution >= 0.6 is 11.6 Å². The van der Waals surface area contributed by atoms with Crippen LogP contribution in [0.2, 0.25) is 5.02 Å². The summed E-state index contributed by atoms with van der Waals surface area (Å²) in [5.74, 6) is 0.283. The zero-order chi connectivity index (χ0) is 14.7. The standard InChI is InChI=1S/C14H17ClN4O/c1-3-18(4-2)14(20)12-9-13(16)19(17-12)11-7-5-6-10(15)8-11/h5-9H,3-4,16H2,1-2H3. The maximum absolute atomic E-state index is 12.2. The van der Waals surface area contributed by atoms with Crippen molar-refractivity contribution >= 4 is 23.3 Å². The van der Waals surface area contributed by atoms with E-state index in [1.807, 2.05) is 26.0 Å². The van der Waals surface area contributed by atoms with Gasteiger partial charge in [-0.1, -0.05) is 17.7 Å². The molecule has 5 nitrogen and oxygen atoms in total. The largest absolute Gasteiger partial charge is 0.384 e. The van der Waals surface area contributed by atoms with E-state index in [0.29, 0.717) is 29.6 Å². The number of hydrogen-bond donors (Lipinski definition) is 1. The van der Waals surface area contributed by atoms with Gasteiger partial charge in [-0.15, -0.1) is 0 Å². The van der Waals surface area contributed by atoms with Crippen molar-refractivity contribution in [2.45, 2.75) is 13.8 Å². The molecule has 0 unspecified atom stereocenters. The molecule has 0 saturated heterocycles. The lowest BCUT2D eigenvalue weighted by molar-refractivity contribution is 0.0766. The third-order valence-electron chi connectivity index (χ3n) is 3.06. The molecule has 1 aromatic carbocycles. The minimum absolute atomic E-state index is 0.123. The molecule has 0 spiro atoms. The van der Waals surface area contributed by atoms with Crippen molar-refractivity contribution in [1.29, 1.82) is 0 Å². The Hall–Kier alpha value is -2.01. The zero-order valence-corrected chi connectivity index (χ0v) is 12.3. The molecule has 2 N–H and O–H groups in total. The molecular formula is C14H17ClN4O. The van der Waals surface area contributed by atoms with Gasteiger partial charge in [0.05, 0.1) is 5.69 Å². The van der Waals surface area contributed by atoms with Gasteiger partial charge in [-0.2, -0.15) is 5.10 Å². The zero-order valence-electron chi connectivity index (χ0n) is 11.5. The molecule has 0 radical (unpaired) electrons. The van der Waals surface area contributed by atoms with E-state index >= 15 is 0 Å². The monoisotopic (exact) mass is 292 g/mol. The topological polar surface area (TPSA) is 64.2 Å². The highest BCUT2D eigenvalue weighted by molar-refractivity contribution is 6.30. The van der Waals surface area contributed by atoms with E-state index in [1.165, 1.54) is 4.68 Å². The summed E-state index contributed by atoms with van der Waals surface area (Å²) in [5.41, 5.74) is 7.00. The van der Waals surface area contributed by atoms with Crippen LogP contribution in [0.3, 0.4) is 0 Å². The highest BCUT2D eigenvalue weighted by atomic mass is 35.5. The lowest BCUT2D eigenvalue weighted by Crippen LogP contribution is -2.30. The van der Waals surface area contributed by atoms with Crippen LogP contribution in [0.4, 0.5) is 5.82 Å². The van der Waals surface area contributed by atoms with Gasteiger partial charge in [-0.25, -0.2) is 4.68 Å². The molecule has 1 aromatic heterocycles. The molecule has 0 aliphatic rings. The van der Waals surface area contributed by atoms with Crippen LogP contribution in [0, 0.1) is 0 Å². The normalized spacial score (nSPS) is 10.6. The maximum Gasteiger partial charge on any atom is 0.274 e. The number of benzene rings is 1. The van der Waals surface area contributed by atoms with Gasteiger partial charge in [-0.05, 0) is 32.0 Å². The lowest BCUT2D eigenvalue weighted by atomic mass is 10.3. The Morgan fingerprint density at radius 1 is 1.35 bits per heavy atom. The first kappa shape index (κ1) is 14.4. The van der Waals surface area contributed by atoms with Crippen LogP contribution in [-0.4, -0.2) is 33.7 Å². The molecule has 0 aliphatic heterocycles. The van der Waals surface area contributed by atoms with Gasteiger partial charge in [0.2, 0.25) is 0 Å². The fourth-order valence-electron chi connectivity index (χ4n) is 1.99. The van der Waals surface area contributed by atoms with Gasteiger partial charge in [0, 0.05) is 24.2 Å². The molecular weight excluding hydrogens is 276 g/mol. The first-order chi connectivity index (χ1) is 9.56. The molecule has 6 heteroatoms. The summed E-state index contributed by atoms with van der Waals surface area (Å²) in [6.45, 7) is 5.13. The maximum atomic E-state index is 12.2. The van der Waals surface area contributed by atoms with E-state index in [9.17, 15) is 4.79 Å². The number of carbonyl (C=O) groups excluding carboxylic acids is 1. The lowest BCUT2D eigenvalue weighted by Gasteiger charge is -2.16. The fraction of sp³-hybridized carbons (Fsp3) is 0.286. The smallest absolute Gasteiger partial charge is 0.274 e. The molecule has 1 amide bonds. The first-order valence-electron chi connectivity index (χ1n) is 6.47. The van der Waals surface area contributed by atoms with E-state index in [2.05, 4.69) is 5.10 Å². The van der Waals surface area contributed by atoms with E-state index < -0.39 is 0 Å². The van der Waals surface area contributed by atoms with Crippen LogP contribution in [0.15, 0.2) is 30.3 Å². The van der Waals surface area contributed by atoms with Gasteiger partial charge >= 0.3 is 0 Å². The summed E-state index contributed by atoms with van der Waals surface area (Å²) in [7, 11) is 0. The van der Waals surface area contributed by atoms with Gasteiger partial charge in [0.1, 0.15) is 5.82 Å². The number of anilines is 1. The highest BCUT2D eigenvalue weighted by Gasteiger charge is 2.18. The molecule has 1 heterocycles. The van der Waals surface area contributed by atoms with Gasteiger partial charge in [-0.3, -0.25) is 4.79 Å². The fourth-order valence-corrected chi connectivity index (χ4v) is 2.17. The Kier molecular flexibility index (Phi) is 4.29.